The van der Waals surface area contributed by atoms with Crippen molar-refractivity contribution in [2.45, 2.75) is 18.9 Å². The van der Waals surface area contributed by atoms with E-state index in [4.69, 9.17) is 14.7 Å². The highest BCUT2D eigenvalue weighted by molar-refractivity contribution is 6.11. The standard InChI is InChI=1S/C18H14N2O3/c19-9-10-22-13-7-8-16-17(18(21)23-12-5-6-12)14-3-1-2-4-15(14)20(16)11-13/h1-4,7-8,11-12H,5-6,10H2. The molecule has 0 aliphatic heterocycles. The van der Waals surface area contributed by atoms with Crippen molar-refractivity contribution >= 4 is 22.4 Å². The van der Waals surface area contributed by atoms with Crippen LogP contribution >= 0.6 is 0 Å². The molecule has 5 heteroatoms. The molecule has 0 unspecified atom stereocenters. The second-order valence-corrected chi connectivity index (χ2v) is 5.56. The molecule has 23 heavy (non-hydrogen) atoms. The third-order valence-corrected chi connectivity index (χ3v) is 3.92. The summed E-state index contributed by atoms with van der Waals surface area (Å²) in [5.74, 6) is 0.304. The molecule has 0 N–H and O–H groups in total. The second kappa shape index (κ2) is 5.33. The highest BCUT2D eigenvalue weighted by atomic mass is 16.5. The third kappa shape index (κ3) is 2.38. The zero-order valence-corrected chi connectivity index (χ0v) is 12.4. The van der Waals surface area contributed by atoms with Gasteiger partial charge in [0.2, 0.25) is 0 Å². The molecule has 0 amide bonds. The number of esters is 1. The van der Waals surface area contributed by atoms with Crippen molar-refractivity contribution in [1.82, 2.24) is 4.40 Å². The van der Waals surface area contributed by atoms with Crippen molar-refractivity contribution in [3.05, 3.63) is 48.2 Å². The number of nitriles is 1. The second-order valence-electron chi connectivity index (χ2n) is 5.56. The van der Waals surface area contributed by atoms with Crippen LogP contribution in [0.3, 0.4) is 0 Å². The lowest BCUT2D eigenvalue weighted by Gasteiger charge is -2.05. The van der Waals surface area contributed by atoms with Crippen molar-refractivity contribution < 1.29 is 14.3 Å². The van der Waals surface area contributed by atoms with Gasteiger partial charge in [-0.1, -0.05) is 18.2 Å². The van der Waals surface area contributed by atoms with Gasteiger partial charge in [0, 0.05) is 5.39 Å². The zero-order valence-electron chi connectivity index (χ0n) is 12.4. The Balaban J connectivity index is 1.89. The van der Waals surface area contributed by atoms with E-state index in [9.17, 15) is 4.79 Å². The molecule has 2 aromatic heterocycles. The van der Waals surface area contributed by atoms with E-state index in [1.54, 1.807) is 12.3 Å². The summed E-state index contributed by atoms with van der Waals surface area (Å²) in [6.07, 6.45) is 3.75. The molecule has 0 atom stereocenters. The van der Waals surface area contributed by atoms with E-state index in [0.29, 0.717) is 11.3 Å². The van der Waals surface area contributed by atoms with Crippen molar-refractivity contribution in [2.24, 2.45) is 0 Å². The fraction of sp³-hybridized carbons (Fsp3) is 0.222. The van der Waals surface area contributed by atoms with E-state index in [0.717, 1.165) is 29.3 Å². The van der Waals surface area contributed by atoms with E-state index in [-0.39, 0.29) is 18.7 Å². The normalized spacial score (nSPS) is 13.9. The van der Waals surface area contributed by atoms with Gasteiger partial charge in [-0.15, -0.1) is 0 Å². The summed E-state index contributed by atoms with van der Waals surface area (Å²) in [6, 6.07) is 13.2. The van der Waals surface area contributed by atoms with Crippen LogP contribution in [0.15, 0.2) is 42.6 Å². The zero-order chi connectivity index (χ0) is 15.8. The van der Waals surface area contributed by atoms with Crippen LogP contribution in [0.25, 0.3) is 16.4 Å². The van der Waals surface area contributed by atoms with Crippen LogP contribution in [-0.2, 0) is 4.74 Å². The number of pyridine rings is 1. The summed E-state index contributed by atoms with van der Waals surface area (Å²) in [6.45, 7) is -0.0126. The summed E-state index contributed by atoms with van der Waals surface area (Å²) in [7, 11) is 0. The maximum Gasteiger partial charge on any atom is 0.341 e. The molecule has 1 aromatic carbocycles. The molecule has 0 saturated heterocycles. The van der Waals surface area contributed by atoms with Gasteiger partial charge < -0.3 is 13.9 Å². The van der Waals surface area contributed by atoms with Gasteiger partial charge in [-0.3, -0.25) is 0 Å². The van der Waals surface area contributed by atoms with Crippen LogP contribution in [0.4, 0.5) is 0 Å². The van der Waals surface area contributed by atoms with Gasteiger partial charge in [0.05, 0.1) is 22.8 Å². The van der Waals surface area contributed by atoms with Crippen LogP contribution in [0, 0.1) is 11.3 Å². The van der Waals surface area contributed by atoms with Crippen LogP contribution in [-0.4, -0.2) is 23.1 Å². The Kier molecular flexibility index (Phi) is 3.16. The van der Waals surface area contributed by atoms with Crippen LogP contribution in [0.5, 0.6) is 5.75 Å². The van der Waals surface area contributed by atoms with E-state index >= 15 is 0 Å². The average Bonchev–Trinajstić information content (AvgIpc) is 3.32. The van der Waals surface area contributed by atoms with E-state index in [1.165, 1.54) is 0 Å². The summed E-state index contributed by atoms with van der Waals surface area (Å²) >= 11 is 0. The van der Waals surface area contributed by atoms with Gasteiger partial charge in [0.25, 0.3) is 0 Å². The van der Waals surface area contributed by atoms with Crippen LogP contribution in [0.1, 0.15) is 23.2 Å². The molecule has 1 saturated carbocycles. The molecule has 1 aliphatic carbocycles. The topological polar surface area (TPSA) is 63.7 Å². The van der Waals surface area contributed by atoms with Gasteiger partial charge in [-0.05, 0) is 31.0 Å². The van der Waals surface area contributed by atoms with Crippen molar-refractivity contribution in [1.29, 1.82) is 5.26 Å². The number of para-hydroxylation sites is 1. The molecule has 0 bridgehead atoms. The van der Waals surface area contributed by atoms with Crippen molar-refractivity contribution in [3.8, 4) is 11.8 Å². The van der Waals surface area contributed by atoms with E-state index in [2.05, 4.69) is 0 Å². The lowest BCUT2D eigenvalue weighted by atomic mass is 10.1. The first-order valence-electron chi connectivity index (χ1n) is 7.51. The van der Waals surface area contributed by atoms with Gasteiger partial charge in [-0.2, -0.15) is 5.26 Å². The Morgan fingerprint density at radius 1 is 1.22 bits per heavy atom. The number of fused-ring (bicyclic) bond motifs is 3. The lowest BCUT2D eigenvalue weighted by Crippen LogP contribution is -2.06. The van der Waals surface area contributed by atoms with Crippen molar-refractivity contribution in [2.75, 3.05) is 6.61 Å². The van der Waals surface area contributed by atoms with E-state index < -0.39 is 0 Å². The number of benzene rings is 1. The largest absolute Gasteiger partial charge is 0.477 e. The fourth-order valence-electron chi connectivity index (χ4n) is 2.73. The number of nitrogens with zero attached hydrogens (tertiary/aromatic N) is 2. The summed E-state index contributed by atoms with van der Waals surface area (Å²) in [4.78, 5) is 12.5. The molecule has 1 aliphatic rings. The molecule has 3 aromatic rings. The number of hydrogen-bond donors (Lipinski definition) is 0. The maximum atomic E-state index is 12.5. The van der Waals surface area contributed by atoms with E-state index in [1.807, 2.05) is 40.8 Å². The highest BCUT2D eigenvalue weighted by Gasteiger charge is 2.29. The van der Waals surface area contributed by atoms with Gasteiger partial charge in [0.1, 0.15) is 17.9 Å². The quantitative estimate of drug-likeness (QED) is 0.694. The van der Waals surface area contributed by atoms with Gasteiger partial charge in [0.15, 0.2) is 6.61 Å². The first-order chi connectivity index (χ1) is 11.3. The minimum absolute atomic E-state index is 0.0126. The molecule has 0 spiro atoms. The highest BCUT2D eigenvalue weighted by Crippen LogP contribution is 2.32. The number of ether oxygens (including phenoxy) is 2. The summed E-state index contributed by atoms with van der Waals surface area (Å²) in [5.41, 5.74) is 2.27. The monoisotopic (exact) mass is 306 g/mol. The number of rotatable bonds is 4. The Labute approximate surface area is 132 Å². The van der Waals surface area contributed by atoms with Crippen molar-refractivity contribution in [3.63, 3.8) is 0 Å². The molecule has 114 valence electrons. The maximum absolute atomic E-state index is 12.5. The number of carbonyl (C=O) groups is 1. The average molecular weight is 306 g/mol. The minimum Gasteiger partial charge on any atom is -0.477 e. The summed E-state index contributed by atoms with van der Waals surface area (Å²) in [5, 5.41) is 9.49. The van der Waals surface area contributed by atoms with Gasteiger partial charge >= 0.3 is 5.97 Å². The molecule has 1 fully saturated rings. The molecular formula is C18H14N2O3. The minimum atomic E-state index is -0.281. The fourth-order valence-corrected chi connectivity index (χ4v) is 2.73. The Morgan fingerprint density at radius 2 is 2.04 bits per heavy atom. The lowest BCUT2D eigenvalue weighted by molar-refractivity contribution is 0.0477. The molecular weight excluding hydrogens is 292 g/mol. The Morgan fingerprint density at radius 3 is 2.83 bits per heavy atom. The Hall–Kier alpha value is -3.00. The number of aromatic nitrogens is 1. The first-order valence-corrected chi connectivity index (χ1v) is 7.51. The Bertz CT molecular complexity index is 948. The number of hydrogen-bond acceptors (Lipinski definition) is 4. The van der Waals surface area contributed by atoms with Gasteiger partial charge in [-0.25, -0.2) is 4.79 Å². The summed E-state index contributed by atoms with van der Waals surface area (Å²) < 4.78 is 12.8. The number of carbonyl (C=O) groups excluding carboxylic acids is 1. The molecule has 2 heterocycles. The predicted molar refractivity (Wildman–Crippen MR) is 84.4 cm³/mol. The predicted octanol–water partition coefficient (Wildman–Crippen LogP) is 3.31. The molecule has 0 radical (unpaired) electrons. The smallest absolute Gasteiger partial charge is 0.341 e. The van der Waals surface area contributed by atoms with Crippen LogP contribution in [0.2, 0.25) is 0 Å². The first kappa shape index (κ1) is 13.6. The molecule has 5 nitrogen and oxygen atoms in total. The van der Waals surface area contributed by atoms with Crippen LogP contribution < -0.4 is 4.74 Å². The SMILES string of the molecule is N#CCOc1ccc2c(C(=O)OC3CC3)c3ccccc3n2c1. The molecule has 4 rings (SSSR count). The third-order valence-electron chi connectivity index (χ3n) is 3.92.